The Kier molecular flexibility index (Phi) is 4.46. The Balaban J connectivity index is 2.39. The summed E-state index contributed by atoms with van der Waals surface area (Å²) < 4.78 is 6.15. The van der Waals surface area contributed by atoms with Crippen LogP contribution >= 0.6 is 0 Å². The van der Waals surface area contributed by atoms with Gasteiger partial charge in [-0.3, -0.25) is 0 Å². The maximum atomic E-state index is 6.15. The van der Waals surface area contributed by atoms with Crippen molar-refractivity contribution in [2.24, 2.45) is 5.73 Å². The van der Waals surface area contributed by atoms with Crippen molar-refractivity contribution in [1.29, 1.82) is 0 Å². The van der Waals surface area contributed by atoms with Crippen LogP contribution in [0.15, 0.2) is 30.3 Å². The van der Waals surface area contributed by atoms with Gasteiger partial charge in [-0.15, -0.1) is 0 Å². The van der Waals surface area contributed by atoms with E-state index in [9.17, 15) is 0 Å². The van der Waals surface area contributed by atoms with Gasteiger partial charge in [0, 0.05) is 0 Å². The molecule has 0 atom stereocenters. The quantitative estimate of drug-likeness (QED) is 0.902. The molecule has 0 spiro atoms. The monoisotopic (exact) mass is 269 g/mol. The number of hydrogen-bond donors (Lipinski definition) is 1. The lowest BCUT2D eigenvalue weighted by atomic mass is 10.0. The van der Waals surface area contributed by atoms with Crippen molar-refractivity contribution < 1.29 is 4.74 Å². The van der Waals surface area contributed by atoms with Crippen LogP contribution in [0.25, 0.3) is 0 Å². The van der Waals surface area contributed by atoms with E-state index in [4.69, 9.17) is 10.5 Å². The lowest BCUT2D eigenvalue weighted by molar-refractivity contribution is 0.471. The van der Waals surface area contributed by atoms with E-state index in [1.165, 1.54) is 27.8 Å². The second kappa shape index (κ2) is 6.10. The molecule has 2 rings (SSSR count). The Morgan fingerprint density at radius 1 is 0.900 bits per heavy atom. The van der Waals surface area contributed by atoms with Gasteiger partial charge in [0.05, 0.1) is 0 Å². The van der Waals surface area contributed by atoms with E-state index in [0.717, 1.165) is 17.9 Å². The third kappa shape index (κ3) is 3.20. The Labute approximate surface area is 121 Å². The fraction of sp³-hybridized carbons (Fsp3) is 0.333. The third-order valence-electron chi connectivity index (χ3n) is 3.61. The van der Waals surface area contributed by atoms with Crippen LogP contribution in [0.3, 0.4) is 0 Å². The second-order valence-electron chi connectivity index (χ2n) is 5.46. The van der Waals surface area contributed by atoms with Gasteiger partial charge in [-0.1, -0.05) is 23.8 Å². The van der Waals surface area contributed by atoms with E-state index in [1.54, 1.807) is 0 Å². The topological polar surface area (TPSA) is 35.2 Å². The van der Waals surface area contributed by atoms with Crippen LogP contribution in [-0.2, 0) is 6.42 Å². The van der Waals surface area contributed by atoms with E-state index < -0.39 is 0 Å². The largest absolute Gasteiger partial charge is 0.457 e. The number of nitrogens with two attached hydrogens (primary N) is 1. The van der Waals surface area contributed by atoms with Gasteiger partial charge in [0.15, 0.2) is 0 Å². The van der Waals surface area contributed by atoms with Gasteiger partial charge in [-0.25, -0.2) is 0 Å². The first-order valence-electron chi connectivity index (χ1n) is 7.06. The molecular weight excluding hydrogens is 246 g/mol. The van der Waals surface area contributed by atoms with E-state index in [2.05, 4.69) is 52.0 Å². The zero-order valence-corrected chi connectivity index (χ0v) is 12.8. The average molecular weight is 269 g/mol. The van der Waals surface area contributed by atoms with Crippen molar-refractivity contribution >= 4 is 0 Å². The molecule has 0 heterocycles. The van der Waals surface area contributed by atoms with Gasteiger partial charge >= 0.3 is 0 Å². The molecule has 20 heavy (non-hydrogen) atoms. The van der Waals surface area contributed by atoms with Gasteiger partial charge in [0.25, 0.3) is 0 Å². The summed E-state index contributed by atoms with van der Waals surface area (Å²) in [6, 6.07) is 10.5. The van der Waals surface area contributed by atoms with Gasteiger partial charge in [0.2, 0.25) is 0 Å². The fourth-order valence-electron chi connectivity index (χ4n) is 2.38. The smallest absolute Gasteiger partial charge is 0.130 e. The SMILES string of the molecule is Cc1ccc(Oc2cc(C)cc(C)c2C)c(CCN)c1. The molecule has 2 aromatic rings. The molecule has 106 valence electrons. The number of hydrogen-bond acceptors (Lipinski definition) is 2. The molecule has 2 aromatic carbocycles. The highest BCUT2D eigenvalue weighted by atomic mass is 16.5. The first kappa shape index (κ1) is 14.6. The van der Waals surface area contributed by atoms with Gasteiger partial charge in [-0.05, 0) is 75.0 Å². The minimum atomic E-state index is 0.631. The first-order chi connectivity index (χ1) is 9.51. The Hall–Kier alpha value is -1.80. The Morgan fingerprint density at radius 3 is 2.35 bits per heavy atom. The van der Waals surface area contributed by atoms with Gasteiger partial charge < -0.3 is 10.5 Å². The lowest BCUT2D eigenvalue weighted by Gasteiger charge is -2.15. The summed E-state index contributed by atoms with van der Waals surface area (Å²) in [5.41, 5.74) is 11.8. The summed E-state index contributed by atoms with van der Waals surface area (Å²) in [7, 11) is 0. The van der Waals surface area contributed by atoms with E-state index in [0.29, 0.717) is 6.54 Å². The maximum absolute atomic E-state index is 6.15. The molecule has 2 nitrogen and oxygen atoms in total. The highest BCUT2D eigenvalue weighted by Gasteiger charge is 2.09. The average Bonchev–Trinajstić information content (AvgIpc) is 2.38. The summed E-state index contributed by atoms with van der Waals surface area (Å²) >= 11 is 0. The minimum absolute atomic E-state index is 0.631. The van der Waals surface area contributed by atoms with Crippen LogP contribution in [0.5, 0.6) is 11.5 Å². The van der Waals surface area contributed by atoms with Crippen LogP contribution in [0, 0.1) is 27.7 Å². The molecular formula is C18H23NO. The van der Waals surface area contributed by atoms with Crippen LogP contribution in [0.2, 0.25) is 0 Å². The van der Waals surface area contributed by atoms with E-state index in [-0.39, 0.29) is 0 Å². The number of ether oxygens (including phenoxy) is 1. The highest BCUT2D eigenvalue weighted by molar-refractivity contribution is 5.46. The molecule has 0 unspecified atom stereocenters. The standard InChI is InChI=1S/C18H23NO/c1-12-5-6-17(16(10-12)7-8-19)20-18-11-13(2)9-14(3)15(18)4/h5-6,9-11H,7-8,19H2,1-4H3. The predicted molar refractivity (Wildman–Crippen MR) is 84.7 cm³/mol. The van der Waals surface area contributed by atoms with Crippen molar-refractivity contribution in [2.45, 2.75) is 34.1 Å². The molecule has 2 N–H and O–H groups in total. The van der Waals surface area contributed by atoms with Crippen molar-refractivity contribution in [3.05, 3.63) is 58.1 Å². The van der Waals surface area contributed by atoms with Crippen molar-refractivity contribution in [3.8, 4) is 11.5 Å². The van der Waals surface area contributed by atoms with Crippen molar-refractivity contribution in [3.63, 3.8) is 0 Å². The van der Waals surface area contributed by atoms with Crippen LogP contribution in [0.1, 0.15) is 27.8 Å². The van der Waals surface area contributed by atoms with E-state index in [1.807, 2.05) is 6.07 Å². The summed E-state index contributed by atoms with van der Waals surface area (Å²) in [6.45, 7) is 9.03. The van der Waals surface area contributed by atoms with E-state index >= 15 is 0 Å². The minimum Gasteiger partial charge on any atom is -0.457 e. The van der Waals surface area contributed by atoms with Crippen LogP contribution in [-0.4, -0.2) is 6.54 Å². The second-order valence-corrected chi connectivity index (χ2v) is 5.46. The molecule has 0 aliphatic heterocycles. The number of aryl methyl sites for hydroxylation is 3. The molecule has 0 bridgehead atoms. The van der Waals surface area contributed by atoms with Crippen molar-refractivity contribution in [2.75, 3.05) is 6.54 Å². The van der Waals surface area contributed by atoms with Crippen LogP contribution < -0.4 is 10.5 Å². The van der Waals surface area contributed by atoms with Gasteiger partial charge in [-0.2, -0.15) is 0 Å². The molecule has 0 fully saturated rings. The predicted octanol–water partition coefficient (Wildman–Crippen LogP) is 4.21. The molecule has 0 saturated carbocycles. The Bertz CT molecular complexity index is 617. The molecule has 2 heteroatoms. The summed E-state index contributed by atoms with van der Waals surface area (Å²) in [5.74, 6) is 1.85. The third-order valence-corrected chi connectivity index (χ3v) is 3.61. The zero-order valence-electron chi connectivity index (χ0n) is 12.8. The molecule has 0 aromatic heterocycles. The molecule has 0 amide bonds. The molecule has 0 radical (unpaired) electrons. The fourth-order valence-corrected chi connectivity index (χ4v) is 2.38. The Morgan fingerprint density at radius 2 is 1.65 bits per heavy atom. The number of benzene rings is 2. The molecule has 0 aliphatic carbocycles. The highest BCUT2D eigenvalue weighted by Crippen LogP contribution is 2.31. The first-order valence-corrected chi connectivity index (χ1v) is 7.06. The summed E-state index contributed by atoms with van der Waals surface area (Å²) in [6.07, 6.45) is 0.834. The summed E-state index contributed by atoms with van der Waals surface area (Å²) in [5, 5.41) is 0. The maximum Gasteiger partial charge on any atom is 0.130 e. The molecule has 0 aliphatic rings. The normalized spacial score (nSPS) is 10.7. The lowest BCUT2D eigenvalue weighted by Crippen LogP contribution is -2.04. The zero-order chi connectivity index (χ0) is 14.7. The molecule has 0 saturated heterocycles. The van der Waals surface area contributed by atoms with Gasteiger partial charge in [0.1, 0.15) is 11.5 Å². The van der Waals surface area contributed by atoms with Crippen LogP contribution in [0.4, 0.5) is 0 Å². The number of rotatable bonds is 4. The van der Waals surface area contributed by atoms with Crippen molar-refractivity contribution in [1.82, 2.24) is 0 Å². The summed E-state index contributed by atoms with van der Waals surface area (Å²) in [4.78, 5) is 0.